The third kappa shape index (κ3) is 7.46. The van der Waals surface area contributed by atoms with Gasteiger partial charge in [0.1, 0.15) is 37.6 Å². The maximum Gasteiger partial charge on any atom is 0.338 e. The van der Waals surface area contributed by atoms with Gasteiger partial charge in [0.2, 0.25) is 0 Å². The molecule has 0 bridgehead atoms. The topological polar surface area (TPSA) is 61.8 Å². The van der Waals surface area contributed by atoms with E-state index >= 15 is 0 Å². The second-order valence-corrected chi connectivity index (χ2v) is 9.17. The van der Waals surface area contributed by atoms with Crippen molar-refractivity contribution < 1.29 is 23.8 Å². The summed E-state index contributed by atoms with van der Waals surface area (Å²) in [7, 11) is 0. The zero-order valence-electron chi connectivity index (χ0n) is 20.1. The highest BCUT2D eigenvalue weighted by Crippen LogP contribution is 2.26. The Morgan fingerprint density at radius 2 is 1.58 bits per heavy atom. The molecule has 0 radical (unpaired) electrons. The summed E-state index contributed by atoms with van der Waals surface area (Å²) in [6.45, 7) is 1.10. The van der Waals surface area contributed by atoms with Crippen LogP contribution in [0.5, 0.6) is 11.5 Å². The van der Waals surface area contributed by atoms with Gasteiger partial charge >= 0.3 is 5.97 Å². The number of carbonyl (C=O) groups excluding carboxylic acids is 2. The average Bonchev–Trinajstić information content (AvgIpc) is 3.19. The molecule has 36 heavy (non-hydrogen) atoms. The molecule has 0 aliphatic heterocycles. The van der Waals surface area contributed by atoms with Gasteiger partial charge in [-0.3, -0.25) is 4.79 Å². The monoisotopic (exact) mass is 504 g/mol. The normalized spacial score (nSPS) is 13.3. The van der Waals surface area contributed by atoms with Crippen molar-refractivity contribution in [3.63, 3.8) is 0 Å². The second-order valence-electron chi connectivity index (χ2n) is 8.76. The quantitative estimate of drug-likeness (QED) is 0.164. The van der Waals surface area contributed by atoms with Crippen LogP contribution in [0.25, 0.3) is 0 Å². The Labute approximate surface area is 216 Å². The number of carbonyl (C=O) groups is 2. The molecule has 3 aromatic carbocycles. The molecule has 1 aliphatic rings. The van der Waals surface area contributed by atoms with E-state index in [2.05, 4.69) is 6.08 Å². The second kappa shape index (κ2) is 12.9. The summed E-state index contributed by atoms with van der Waals surface area (Å²) in [6, 6.07) is 19.5. The fourth-order valence-corrected chi connectivity index (χ4v) is 4.15. The molecular weight excluding hydrogens is 476 g/mol. The van der Waals surface area contributed by atoms with E-state index in [0.717, 1.165) is 36.0 Å². The lowest BCUT2D eigenvalue weighted by Gasteiger charge is -2.10. The minimum Gasteiger partial charge on any atom is -0.489 e. The summed E-state index contributed by atoms with van der Waals surface area (Å²) in [5, 5.41) is 0.372. The van der Waals surface area contributed by atoms with E-state index in [1.807, 2.05) is 24.3 Å². The summed E-state index contributed by atoms with van der Waals surface area (Å²) in [4.78, 5) is 23.3. The molecule has 186 valence electrons. The maximum absolute atomic E-state index is 12.5. The molecule has 6 heteroatoms. The molecule has 3 aromatic rings. The lowest BCUT2D eigenvalue weighted by atomic mass is 10.1. The molecule has 0 N–H and O–H groups in total. The largest absolute Gasteiger partial charge is 0.489 e. The van der Waals surface area contributed by atoms with E-state index in [0.29, 0.717) is 28.5 Å². The van der Waals surface area contributed by atoms with E-state index in [9.17, 15) is 9.59 Å². The Morgan fingerprint density at radius 3 is 2.33 bits per heavy atom. The molecule has 0 heterocycles. The molecule has 0 saturated heterocycles. The van der Waals surface area contributed by atoms with E-state index < -0.39 is 5.97 Å². The van der Waals surface area contributed by atoms with Crippen LogP contribution in [0.2, 0.25) is 5.02 Å². The number of esters is 1. The number of aldehydes is 1. The van der Waals surface area contributed by atoms with Crippen LogP contribution < -0.4 is 9.47 Å². The summed E-state index contributed by atoms with van der Waals surface area (Å²) in [5.41, 5.74) is 4.09. The zero-order chi connectivity index (χ0) is 25.2. The smallest absolute Gasteiger partial charge is 0.338 e. The van der Waals surface area contributed by atoms with Gasteiger partial charge < -0.3 is 14.2 Å². The first-order valence-electron chi connectivity index (χ1n) is 12.1. The average molecular weight is 505 g/mol. The van der Waals surface area contributed by atoms with Crippen molar-refractivity contribution in [2.75, 3.05) is 6.61 Å². The van der Waals surface area contributed by atoms with Crippen molar-refractivity contribution in [2.24, 2.45) is 0 Å². The Kier molecular flexibility index (Phi) is 9.17. The molecule has 0 unspecified atom stereocenters. The molecule has 4 rings (SSSR count). The standard InChI is InChI=1S/C30H29ClO5/c31-28-17-25(18-32)11-16-29(28)35-20-23-7-12-26(13-8-23)30(33)36-21-24-9-14-27(15-10-24)34-19-22-5-3-1-2-4-6-22/h5,7-18H,1-4,6,19-21H2. The first-order chi connectivity index (χ1) is 17.6. The van der Waals surface area contributed by atoms with Gasteiger partial charge in [0.05, 0.1) is 10.6 Å². The van der Waals surface area contributed by atoms with Crippen molar-refractivity contribution >= 4 is 23.9 Å². The third-order valence-electron chi connectivity index (χ3n) is 6.03. The number of hydrogen-bond donors (Lipinski definition) is 0. The van der Waals surface area contributed by atoms with Crippen LogP contribution in [0, 0.1) is 0 Å². The fourth-order valence-electron chi connectivity index (χ4n) is 3.91. The molecule has 0 aromatic heterocycles. The van der Waals surface area contributed by atoms with Gasteiger partial charge in [-0.2, -0.15) is 0 Å². The molecule has 1 aliphatic carbocycles. The lowest BCUT2D eigenvalue weighted by molar-refractivity contribution is 0.0472. The van der Waals surface area contributed by atoms with Crippen molar-refractivity contribution in [3.8, 4) is 11.5 Å². The number of halogens is 1. The SMILES string of the molecule is O=Cc1ccc(OCc2ccc(C(=O)OCc3ccc(OCC4=CCCCCC4)cc3)cc2)c(Cl)c1. The van der Waals surface area contributed by atoms with Gasteiger partial charge in [0.15, 0.2) is 0 Å². The van der Waals surface area contributed by atoms with Gasteiger partial charge in [-0.05, 0) is 84.8 Å². The maximum atomic E-state index is 12.5. The minimum atomic E-state index is -0.393. The lowest BCUT2D eigenvalue weighted by Crippen LogP contribution is -2.06. The zero-order valence-corrected chi connectivity index (χ0v) is 20.8. The number of ether oxygens (including phenoxy) is 3. The molecular formula is C30H29ClO5. The Morgan fingerprint density at radius 1 is 0.833 bits per heavy atom. The van der Waals surface area contributed by atoms with Crippen LogP contribution in [0.4, 0.5) is 0 Å². The summed E-state index contributed by atoms with van der Waals surface area (Å²) < 4.78 is 17.1. The highest BCUT2D eigenvalue weighted by atomic mass is 35.5. The van der Waals surface area contributed by atoms with E-state index in [1.54, 1.807) is 42.5 Å². The highest BCUT2D eigenvalue weighted by Gasteiger charge is 2.09. The summed E-state index contributed by atoms with van der Waals surface area (Å²) in [5.74, 6) is 0.910. The number of hydrogen-bond acceptors (Lipinski definition) is 5. The molecule has 0 spiro atoms. The third-order valence-corrected chi connectivity index (χ3v) is 6.32. The van der Waals surface area contributed by atoms with Crippen LogP contribution in [0.15, 0.2) is 78.4 Å². The number of benzene rings is 3. The van der Waals surface area contributed by atoms with Crippen molar-refractivity contribution in [1.29, 1.82) is 0 Å². The predicted octanol–water partition coefficient (Wildman–Crippen LogP) is 7.36. The first-order valence-corrected chi connectivity index (χ1v) is 12.5. The van der Waals surface area contributed by atoms with Gasteiger partial charge in [-0.15, -0.1) is 0 Å². The van der Waals surface area contributed by atoms with Crippen LogP contribution in [0.3, 0.4) is 0 Å². The van der Waals surface area contributed by atoms with E-state index in [-0.39, 0.29) is 13.2 Å². The van der Waals surface area contributed by atoms with Gasteiger partial charge in [0, 0.05) is 5.56 Å². The van der Waals surface area contributed by atoms with E-state index in [4.69, 9.17) is 25.8 Å². The van der Waals surface area contributed by atoms with Crippen LogP contribution in [-0.4, -0.2) is 18.9 Å². The van der Waals surface area contributed by atoms with Crippen LogP contribution in [0.1, 0.15) is 63.9 Å². The number of allylic oxidation sites excluding steroid dienone is 1. The Bertz CT molecular complexity index is 1200. The van der Waals surface area contributed by atoms with Crippen molar-refractivity contribution in [2.45, 2.75) is 45.3 Å². The molecule has 0 amide bonds. The van der Waals surface area contributed by atoms with Gasteiger partial charge in [-0.25, -0.2) is 4.79 Å². The van der Waals surface area contributed by atoms with Crippen molar-refractivity contribution in [1.82, 2.24) is 0 Å². The molecule has 5 nitrogen and oxygen atoms in total. The number of rotatable bonds is 10. The first kappa shape index (κ1) is 25.5. The van der Waals surface area contributed by atoms with Crippen LogP contribution in [-0.2, 0) is 18.0 Å². The van der Waals surface area contributed by atoms with Crippen molar-refractivity contribution in [3.05, 3.63) is 106 Å². The Hall–Kier alpha value is -3.57. The molecule has 0 saturated carbocycles. The van der Waals surface area contributed by atoms with E-state index in [1.165, 1.54) is 24.8 Å². The predicted molar refractivity (Wildman–Crippen MR) is 140 cm³/mol. The Balaban J connectivity index is 1.22. The fraction of sp³-hybridized carbons (Fsp3) is 0.267. The summed E-state index contributed by atoms with van der Waals surface area (Å²) >= 11 is 6.13. The van der Waals surface area contributed by atoms with Gasteiger partial charge in [-0.1, -0.05) is 48.4 Å². The van der Waals surface area contributed by atoms with Crippen LogP contribution >= 0.6 is 11.6 Å². The van der Waals surface area contributed by atoms with Gasteiger partial charge in [0.25, 0.3) is 0 Å². The molecule has 0 fully saturated rings. The summed E-state index contributed by atoms with van der Waals surface area (Å²) in [6.07, 6.45) is 9.10. The highest BCUT2D eigenvalue weighted by molar-refractivity contribution is 6.32. The minimum absolute atomic E-state index is 0.185. The molecule has 0 atom stereocenters.